The molecule has 2 aromatic rings. The van der Waals surface area contributed by atoms with Gasteiger partial charge in [0.1, 0.15) is 5.69 Å². The number of thiazole rings is 1. The predicted molar refractivity (Wildman–Crippen MR) is 97.1 cm³/mol. The lowest BCUT2D eigenvalue weighted by atomic mass is 10.0. The highest BCUT2D eigenvalue weighted by atomic mass is 32.1. The molecule has 1 saturated heterocycles. The van der Waals surface area contributed by atoms with Crippen molar-refractivity contribution in [3.05, 3.63) is 40.5 Å². The summed E-state index contributed by atoms with van der Waals surface area (Å²) < 4.78 is 0. The normalized spacial score (nSPS) is 16.4. The van der Waals surface area contributed by atoms with Crippen molar-refractivity contribution in [2.24, 2.45) is 0 Å². The molecule has 1 unspecified atom stereocenters. The molecule has 2 N–H and O–H groups in total. The highest BCUT2D eigenvalue weighted by molar-refractivity contribution is 7.15. The van der Waals surface area contributed by atoms with Crippen molar-refractivity contribution in [2.75, 3.05) is 13.1 Å². The molecular formula is C18H21N3O3S. The van der Waals surface area contributed by atoms with Gasteiger partial charge in [0.05, 0.1) is 15.9 Å². The zero-order chi connectivity index (χ0) is 18.0. The van der Waals surface area contributed by atoms with Gasteiger partial charge in [0.15, 0.2) is 0 Å². The van der Waals surface area contributed by atoms with Gasteiger partial charge in [-0.3, -0.25) is 4.79 Å². The third-order valence-electron chi connectivity index (χ3n) is 4.45. The van der Waals surface area contributed by atoms with Crippen molar-refractivity contribution < 1.29 is 14.7 Å². The average Bonchev–Trinajstić information content (AvgIpc) is 2.95. The quantitative estimate of drug-likeness (QED) is 0.859. The summed E-state index contributed by atoms with van der Waals surface area (Å²) in [5.74, 6) is -0.123. The van der Waals surface area contributed by atoms with Crippen LogP contribution in [0.1, 0.15) is 34.4 Å². The van der Waals surface area contributed by atoms with Crippen LogP contribution in [0, 0.1) is 6.92 Å². The first-order valence-electron chi connectivity index (χ1n) is 8.34. The molecule has 1 aliphatic rings. The third kappa shape index (κ3) is 3.66. The number of amides is 2. The Labute approximate surface area is 150 Å². The van der Waals surface area contributed by atoms with Crippen LogP contribution in [0.3, 0.4) is 0 Å². The van der Waals surface area contributed by atoms with E-state index in [4.69, 9.17) is 5.11 Å². The first kappa shape index (κ1) is 17.4. The van der Waals surface area contributed by atoms with Crippen molar-refractivity contribution in [1.82, 2.24) is 15.2 Å². The Hall–Kier alpha value is -2.41. The van der Waals surface area contributed by atoms with E-state index in [1.807, 2.05) is 19.1 Å². The Morgan fingerprint density at radius 1 is 1.36 bits per heavy atom. The number of aryl methyl sites for hydroxylation is 2. The maximum atomic E-state index is 12.9. The molecule has 0 saturated carbocycles. The maximum absolute atomic E-state index is 12.9. The highest BCUT2D eigenvalue weighted by Gasteiger charge is 2.35. The SMILES string of the molecule is CCc1ccc(-c2sc(C)nc2C(=O)N2CCC2CNC(=O)O)cc1. The Morgan fingerprint density at radius 2 is 2.08 bits per heavy atom. The lowest BCUT2D eigenvalue weighted by Gasteiger charge is -2.40. The van der Waals surface area contributed by atoms with Gasteiger partial charge in [0, 0.05) is 13.1 Å². The van der Waals surface area contributed by atoms with Crippen LogP contribution >= 0.6 is 11.3 Å². The molecule has 0 bridgehead atoms. The summed E-state index contributed by atoms with van der Waals surface area (Å²) in [7, 11) is 0. The number of carboxylic acid groups (broad SMARTS) is 1. The molecule has 3 rings (SSSR count). The minimum Gasteiger partial charge on any atom is -0.465 e. The molecular weight excluding hydrogens is 338 g/mol. The van der Waals surface area contributed by atoms with Crippen LogP contribution < -0.4 is 5.32 Å². The van der Waals surface area contributed by atoms with E-state index in [0.717, 1.165) is 28.3 Å². The first-order valence-corrected chi connectivity index (χ1v) is 9.15. The minimum atomic E-state index is -1.07. The second-order valence-corrected chi connectivity index (χ2v) is 7.29. The zero-order valence-corrected chi connectivity index (χ0v) is 15.1. The molecule has 132 valence electrons. The number of rotatable bonds is 5. The number of aromatic nitrogens is 1. The van der Waals surface area contributed by atoms with Gasteiger partial charge in [-0.25, -0.2) is 9.78 Å². The lowest BCUT2D eigenvalue weighted by Crippen LogP contribution is -2.56. The van der Waals surface area contributed by atoms with E-state index in [1.54, 1.807) is 4.90 Å². The fourth-order valence-electron chi connectivity index (χ4n) is 2.92. The topological polar surface area (TPSA) is 82.5 Å². The van der Waals surface area contributed by atoms with Crippen molar-refractivity contribution in [3.63, 3.8) is 0 Å². The fraction of sp³-hybridized carbons (Fsp3) is 0.389. The van der Waals surface area contributed by atoms with Crippen LogP contribution in [0.4, 0.5) is 4.79 Å². The molecule has 0 aliphatic carbocycles. The van der Waals surface area contributed by atoms with Gasteiger partial charge < -0.3 is 15.3 Å². The summed E-state index contributed by atoms with van der Waals surface area (Å²) in [6.45, 7) is 4.89. The number of nitrogens with zero attached hydrogens (tertiary/aromatic N) is 2. The molecule has 7 heteroatoms. The van der Waals surface area contributed by atoms with E-state index < -0.39 is 6.09 Å². The minimum absolute atomic E-state index is 0.0964. The third-order valence-corrected chi connectivity index (χ3v) is 5.47. The summed E-state index contributed by atoms with van der Waals surface area (Å²) in [6.07, 6.45) is 0.704. The molecule has 1 fully saturated rings. The van der Waals surface area contributed by atoms with Gasteiger partial charge in [-0.15, -0.1) is 11.3 Å². The molecule has 0 radical (unpaired) electrons. The number of carbonyl (C=O) groups is 2. The van der Waals surface area contributed by atoms with E-state index in [1.165, 1.54) is 16.9 Å². The molecule has 0 spiro atoms. The fourth-order valence-corrected chi connectivity index (χ4v) is 3.84. The molecule has 1 aliphatic heterocycles. The van der Waals surface area contributed by atoms with Gasteiger partial charge in [-0.2, -0.15) is 0 Å². The zero-order valence-electron chi connectivity index (χ0n) is 14.3. The smallest absolute Gasteiger partial charge is 0.404 e. The van der Waals surface area contributed by atoms with Crippen molar-refractivity contribution >= 4 is 23.3 Å². The van der Waals surface area contributed by atoms with Crippen molar-refractivity contribution in [2.45, 2.75) is 32.7 Å². The molecule has 2 amide bonds. The Bertz CT molecular complexity index is 785. The van der Waals surface area contributed by atoms with Crippen LogP contribution in [0.5, 0.6) is 0 Å². The van der Waals surface area contributed by atoms with E-state index in [0.29, 0.717) is 12.2 Å². The number of nitrogens with one attached hydrogen (secondary N) is 1. The summed E-state index contributed by atoms with van der Waals surface area (Å²) in [5, 5.41) is 11.9. The number of hydrogen-bond donors (Lipinski definition) is 2. The Kier molecular flexibility index (Phi) is 5.03. The molecule has 1 aromatic carbocycles. The van der Waals surface area contributed by atoms with Crippen LogP contribution in [0.2, 0.25) is 0 Å². The second kappa shape index (κ2) is 7.23. The van der Waals surface area contributed by atoms with Gasteiger partial charge in [-0.1, -0.05) is 31.2 Å². The van der Waals surface area contributed by atoms with Crippen LogP contribution in [-0.2, 0) is 6.42 Å². The highest BCUT2D eigenvalue weighted by Crippen LogP contribution is 2.33. The Morgan fingerprint density at radius 3 is 2.64 bits per heavy atom. The van der Waals surface area contributed by atoms with Gasteiger partial charge >= 0.3 is 6.09 Å². The molecule has 1 aromatic heterocycles. The molecule has 2 heterocycles. The van der Waals surface area contributed by atoms with Gasteiger partial charge in [0.2, 0.25) is 0 Å². The monoisotopic (exact) mass is 359 g/mol. The van der Waals surface area contributed by atoms with Gasteiger partial charge in [0.25, 0.3) is 5.91 Å². The second-order valence-electron chi connectivity index (χ2n) is 6.09. The summed E-state index contributed by atoms with van der Waals surface area (Å²) in [5.41, 5.74) is 2.71. The number of likely N-dealkylation sites (tertiary alicyclic amines) is 1. The van der Waals surface area contributed by atoms with Crippen LogP contribution in [0.25, 0.3) is 10.4 Å². The molecule has 6 nitrogen and oxygen atoms in total. The van der Waals surface area contributed by atoms with Crippen molar-refractivity contribution in [1.29, 1.82) is 0 Å². The Balaban J connectivity index is 1.82. The number of benzene rings is 1. The number of carbonyl (C=O) groups excluding carboxylic acids is 1. The first-order chi connectivity index (χ1) is 12.0. The number of hydrogen-bond acceptors (Lipinski definition) is 4. The van der Waals surface area contributed by atoms with Crippen molar-refractivity contribution in [3.8, 4) is 10.4 Å². The van der Waals surface area contributed by atoms with Crippen LogP contribution in [-0.4, -0.2) is 46.1 Å². The van der Waals surface area contributed by atoms with E-state index in [2.05, 4.69) is 29.4 Å². The predicted octanol–water partition coefficient (Wildman–Crippen LogP) is 3.16. The average molecular weight is 359 g/mol. The molecule has 25 heavy (non-hydrogen) atoms. The van der Waals surface area contributed by atoms with E-state index in [9.17, 15) is 9.59 Å². The summed E-state index contributed by atoms with van der Waals surface area (Å²) in [6, 6.07) is 8.11. The lowest BCUT2D eigenvalue weighted by molar-refractivity contribution is 0.0458. The standard InChI is InChI=1S/C18H21N3O3S/c1-3-12-4-6-13(7-5-12)16-15(20-11(2)25-16)17(22)21-9-8-14(21)10-19-18(23)24/h4-7,14,19H,3,8-10H2,1-2H3,(H,23,24). The maximum Gasteiger partial charge on any atom is 0.404 e. The van der Waals surface area contributed by atoms with E-state index >= 15 is 0 Å². The van der Waals surface area contributed by atoms with Gasteiger partial charge in [-0.05, 0) is 30.9 Å². The largest absolute Gasteiger partial charge is 0.465 e. The molecule has 1 atom stereocenters. The van der Waals surface area contributed by atoms with Crippen LogP contribution in [0.15, 0.2) is 24.3 Å². The van der Waals surface area contributed by atoms with E-state index in [-0.39, 0.29) is 18.5 Å². The summed E-state index contributed by atoms with van der Waals surface area (Å²) >= 11 is 1.51. The summed E-state index contributed by atoms with van der Waals surface area (Å²) in [4.78, 5) is 30.6.